The standard InChI is InChI=1S/C18H29NO/c1-5-12-19-16-10-11-18(3,4)13-17(16)20-15-8-6-14(2)7-9-15/h6-9,16-17,19H,5,10-13H2,1-4H3. The largest absolute Gasteiger partial charge is 0.489 e. The lowest BCUT2D eigenvalue weighted by Gasteiger charge is -2.41. The SMILES string of the molecule is CCCNC1CCC(C)(C)CC1Oc1ccc(C)cc1. The molecule has 1 fully saturated rings. The zero-order valence-electron chi connectivity index (χ0n) is 13.4. The van der Waals surface area contributed by atoms with Crippen molar-refractivity contribution in [3.8, 4) is 5.75 Å². The minimum atomic E-state index is 0.285. The Morgan fingerprint density at radius 3 is 2.60 bits per heavy atom. The van der Waals surface area contributed by atoms with Crippen molar-refractivity contribution >= 4 is 0 Å². The molecule has 1 aromatic carbocycles. The van der Waals surface area contributed by atoms with Crippen LogP contribution in [-0.4, -0.2) is 18.7 Å². The molecular weight excluding hydrogens is 246 g/mol. The molecule has 0 heterocycles. The summed E-state index contributed by atoms with van der Waals surface area (Å²) in [6.45, 7) is 10.1. The molecule has 0 saturated heterocycles. The summed E-state index contributed by atoms with van der Waals surface area (Å²) in [6.07, 6.45) is 5.08. The third-order valence-electron chi connectivity index (χ3n) is 4.30. The lowest BCUT2D eigenvalue weighted by molar-refractivity contribution is 0.0531. The molecule has 1 saturated carbocycles. The van der Waals surface area contributed by atoms with Crippen LogP contribution in [0.15, 0.2) is 24.3 Å². The highest BCUT2D eigenvalue weighted by Crippen LogP contribution is 2.37. The molecule has 20 heavy (non-hydrogen) atoms. The highest BCUT2D eigenvalue weighted by Gasteiger charge is 2.35. The Bertz CT molecular complexity index is 410. The summed E-state index contributed by atoms with van der Waals surface area (Å²) < 4.78 is 6.29. The predicted molar refractivity (Wildman–Crippen MR) is 85.3 cm³/mol. The van der Waals surface area contributed by atoms with Gasteiger partial charge in [-0.2, -0.15) is 0 Å². The van der Waals surface area contributed by atoms with Crippen molar-refractivity contribution in [2.24, 2.45) is 5.41 Å². The van der Waals surface area contributed by atoms with Crippen LogP contribution in [0.5, 0.6) is 5.75 Å². The Hall–Kier alpha value is -1.02. The van der Waals surface area contributed by atoms with Crippen LogP contribution in [-0.2, 0) is 0 Å². The van der Waals surface area contributed by atoms with E-state index >= 15 is 0 Å². The Kier molecular flexibility index (Phi) is 5.09. The van der Waals surface area contributed by atoms with E-state index in [1.54, 1.807) is 0 Å². The predicted octanol–water partition coefficient (Wildman–Crippen LogP) is 4.32. The molecule has 1 aromatic rings. The highest BCUT2D eigenvalue weighted by molar-refractivity contribution is 5.26. The third-order valence-corrected chi connectivity index (χ3v) is 4.30. The fourth-order valence-electron chi connectivity index (χ4n) is 3.00. The van der Waals surface area contributed by atoms with Crippen molar-refractivity contribution in [1.29, 1.82) is 0 Å². The number of aryl methyl sites for hydroxylation is 1. The molecule has 0 spiro atoms. The summed E-state index contributed by atoms with van der Waals surface area (Å²) >= 11 is 0. The molecule has 1 N–H and O–H groups in total. The zero-order valence-corrected chi connectivity index (χ0v) is 13.4. The number of rotatable bonds is 5. The van der Waals surface area contributed by atoms with Crippen LogP contribution in [0.25, 0.3) is 0 Å². The maximum Gasteiger partial charge on any atom is 0.119 e. The minimum Gasteiger partial charge on any atom is -0.489 e. The van der Waals surface area contributed by atoms with Crippen LogP contribution < -0.4 is 10.1 Å². The van der Waals surface area contributed by atoms with Gasteiger partial charge in [-0.1, -0.05) is 38.5 Å². The van der Waals surface area contributed by atoms with Crippen molar-refractivity contribution < 1.29 is 4.74 Å². The molecule has 112 valence electrons. The van der Waals surface area contributed by atoms with E-state index < -0.39 is 0 Å². The Labute approximate surface area is 123 Å². The quantitative estimate of drug-likeness (QED) is 0.864. The first-order valence-corrected chi connectivity index (χ1v) is 7.97. The van der Waals surface area contributed by atoms with E-state index in [1.165, 1.54) is 24.8 Å². The van der Waals surface area contributed by atoms with Crippen LogP contribution in [0, 0.1) is 12.3 Å². The summed E-state index contributed by atoms with van der Waals surface area (Å²) in [6, 6.07) is 8.92. The number of ether oxygens (including phenoxy) is 1. The summed E-state index contributed by atoms with van der Waals surface area (Å²) in [4.78, 5) is 0. The Morgan fingerprint density at radius 1 is 1.25 bits per heavy atom. The molecule has 0 amide bonds. The minimum absolute atomic E-state index is 0.285. The summed E-state index contributed by atoms with van der Waals surface area (Å²) in [5.74, 6) is 1.00. The first-order chi connectivity index (χ1) is 9.50. The second kappa shape index (κ2) is 6.62. The van der Waals surface area contributed by atoms with Crippen LogP contribution in [0.1, 0.15) is 52.0 Å². The topological polar surface area (TPSA) is 21.3 Å². The fraction of sp³-hybridized carbons (Fsp3) is 0.667. The van der Waals surface area contributed by atoms with E-state index in [1.807, 2.05) is 0 Å². The van der Waals surface area contributed by atoms with Gasteiger partial charge in [-0.25, -0.2) is 0 Å². The zero-order chi connectivity index (χ0) is 14.6. The molecule has 2 nitrogen and oxygen atoms in total. The van der Waals surface area contributed by atoms with E-state index in [0.29, 0.717) is 11.5 Å². The molecule has 1 aliphatic rings. The number of benzene rings is 1. The van der Waals surface area contributed by atoms with Gasteiger partial charge in [-0.3, -0.25) is 0 Å². The summed E-state index contributed by atoms with van der Waals surface area (Å²) in [7, 11) is 0. The van der Waals surface area contributed by atoms with E-state index in [2.05, 4.69) is 57.3 Å². The molecule has 2 unspecified atom stereocenters. The van der Waals surface area contributed by atoms with E-state index in [-0.39, 0.29) is 6.10 Å². The van der Waals surface area contributed by atoms with E-state index in [4.69, 9.17) is 4.74 Å². The van der Waals surface area contributed by atoms with Crippen molar-refractivity contribution in [2.75, 3.05) is 6.54 Å². The first-order valence-electron chi connectivity index (χ1n) is 7.97. The summed E-state index contributed by atoms with van der Waals surface area (Å²) in [5.41, 5.74) is 1.67. The molecule has 1 aliphatic carbocycles. The van der Waals surface area contributed by atoms with Gasteiger partial charge in [0.15, 0.2) is 0 Å². The van der Waals surface area contributed by atoms with Gasteiger partial charge < -0.3 is 10.1 Å². The highest BCUT2D eigenvalue weighted by atomic mass is 16.5. The summed E-state index contributed by atoms with van der Waals surface area (Å²) in [5, 5.41) is 3.67. The Balaban J connectivity index is 2.04. The van der Waals surface area contributed by atoms with Gasteiger partial charge >= 0.3 is 0 Å². The average Bonchev–Trinajstić information content (AvgIpc) is 2.40. The molecule has 2 heteroatoms. The van der Waals surface area contributed by atoms with Crippen LogP contribution in [0.2, 0.25) is 0 Å². The van der Waals surface area contributed by atoms with Crippen molar-refractivity contribution in [2.45, 2.75) is 65.5 Å². The van der Waals surface area contributed by atoms with Crippen LogP contribution in [0.3, 0.4) is 0 Å². The molecule has 0 aliphatic heterocycles. The smallest absolute Gasteiger partial charge is 0.119 e. The number of nitrogens with one attached hydrogen (secondary N) is 1. The second-order valence-corrected chi connectivity index (χ2v) is 6.94. The molecular formula is C18H29NO. The number of hydrogen-bond donors (Lipinski definition) is 1. The van der Waals surface area contributed by atoms with Gasteiger partial charge in [0.1, 0.15) is 11.9 Å². The van der Waals surface area contributed by atoms with Crippen LogP contribution >= 0.6 is 0 Å². The monoisotopic (exact) mass is 275 g/mol. The normalized spacial score (nSPS) is 25.4. The van der Waals surface area contributed by atoms with Gasteiger partial charge in [-0.05, 0) is 56.7 Å². The van der Waals surface area contributed by atoms with E-state index in [9.17, 15) is 0 Å². The fourth-order valence-corrected chi connectivity index (χ4v) is 3.00. The Morgan fingerprint density at radius 2 is 1.95 bits per heavy atom. The molecule has 0 radical (unpaired) electrons. The lowest BCUT2D eigenvalue weighted by Crippen LogP contribution is -2.49. The number of hydrogen-bond acceptors (Lipinski definition) is 2. The molecule has 0 bridgehead atoms. The molecule has 2 atom stereocenters. The lowest BCUT2D eigenvalue weighted by atomic mass is 9.74. The van der Waals surface area contributed by atoms with Gasteiger partial charge in [-0.15, -0.1) is 0 Å². The van der Waals surface area contributed by atoms with Gasteiger partial charge in [0.05, 0.1) is 0 Å². The maximum atomic E-state index is 6.29. The van der Waals surface area contributed by atoms with Crippen molar-refractivity contribution in [1.82, 2.24) is 5.32 Å². The molecule has 2 rings (SSSR count). The van der Waals surface area contributed by atoms with Gasteiger partial charge in [0.25, 0.3) is 0 Å². The maximum absolute atomic E-state index is 6.29. The second-order valence-electron chi connectivity index (χ2n) is 6.94. The van der Waals surface area contributed by atoms with Crippen molar-refractivity contribution in [3.63, 3.8) is 0 Å². The van der Waals surface area contributed by atoms with Crippen molar-refractivity contribution in [3.05, 3.63) is 29.8 Å². The van der Waals surface area contributed by atoms with Crippen LogP contribution in [0.4, 0.5) is 0 Å². The third kappa shape index (κ3) is 4.24. The first kappa shape index (κ1) is 15.4. The average molecular weight is 275 g/mol. The van der Waals surface area contributed by atoms with E-state index in [0.717, 1.165) is 18.7 Å². The van der Waals surface area contributed by atoms with Gasteiger partial charge in [0.2, 0.25) is 0 Å². The molecule has 0 aromatic heterocycles. The van der Waals surface area contributed by atoms with Gasteiger partial charge in [0, 0.05) is 6.04 Å².